The van der Waals surface area contributed by atoms with E-state index in [0.29, 0.717) is 11.4 Å². The highest BCUT2D eigenvalue weighted by Crippen LogP contribution is 2.27. The number of aromatic nitrogens is 2. The van der Waals surface area contributed by atoms with Gasteiger partial charge in [-0.3, -0.25) is 14.3 Å². The van der Waals surface area contributed by atoms with Gasteiger partial charge in [0.25, 0.3) is 5.91 Å². The molecule has 7 heteroatoms. The molecule has 0 atom stereocenters. The van der Waals surface area contributed by atoms with Crippen molar-refractivity contribution in [1.82, 2.24) is 20.4 Å². The predicted molar refractivity (Wildman–Crippen MR) is 74.3 cm³/mol. The highest BCUT2D eigenvalue weighted by molar-refractivity contribution is 7.20. The molecule has 102 valence electrons. The number of likely N-dealkylation sites (N-methyl/N-ethyl adjacent to an activating group) is 1. The lowest BCUT2D eigenvalue weighted by Crippen LogP contribution is -2.36. The van der Waals surface area contributed by atoms with Crippen LogP contribution in [-0.4, -0.2) is 34.7 Å². The highest BCUT2D eigenvalue weighted by Gasteiger charge is 2.15. The Kier molecular flexibility index (Phi) is 3.84. The number of rotatable bonds is 4. The first kappa shape index (κ1) is 13.5. The summed E-state index contributed by atoms with van der Waals surface area (Å²) < 4.78 is 1.76. The number of hydrogen-bond acceptors (Lipinski definition) is 4. The molecular weight excluding hydrogens is 264 g/mol. The molecule has 0 aromatic carbocycles. The largest absolute Gasteiger partial charge is 0.355 e. The summed E-state index contributed by atoms with van der Waals surface area (Å²) in [4.78, 5) is 24.8. The second-order valence-electron chi connectivity index (χ2n) is 4.17. The van der Waals surface area contributed by atoms with Gasteiger partial charge in [-0.25, -0.2) is 0 Å². The summed E-state index contributed by atoms with van der Waals surface area (Å²) >= 11 is 1.37. The molecule has 0 aliphatic heterocycles. The molecule has 2 aromatic rings. The Balaban J connectivity index is 2.09. The first-order valence-corrected chi connectivity index (χ1v) is 6.82. The molecule has 19 heavy (non-hydrogen) atoms. The standard InChI is InChI=1S/C12H16N4O2S/c1-4-13-10(17)6-14-11(18)9-5-8-7(2)15-16(3)12(8)19-9/h5H,4,6H2,1-3H3,(H,13,17)(H,14,18). The van der Waals surface area contributed by atoms with Crippen LogP contribution in [0, 0.1) is 6.92 Å². The van der Waals surface area contributed by atoms with E-state index in [4.69, 9.17) is 0 Å². The Bertz CT molecular complexity index is 594. The minimum atomic E-state index is -0.230. The zero-order chi connectivity index (χ0) is 14.0. The molecule has 0 aliphatic carbocycles. The van der Waals surface area contributed by atoms with Crippen molar-refractivity contribution < 1.29 is 9.59 Å². The Morgan fingerprint density at radius 3 is 2.79 bits per heavy atom. The Morgan fingerprint density at radius 2 is 2.16 bits per heavy atom. The van der Waals surface area contributed by atoms with E-state index in [1.54, 1.807) is 4.68 Å². The Morgan fingerprint density at radius 1 is 1.42 bits per heavy atom. The summed E-state index contributed by atoms with van der Waals surface area (Å²) in [7, 11) is 1.85. The number of thiophene rings is 1. The van der Waals surface area contributed by atoms with E-state index >= 15 is 0 Å². The van der Waals surface area contributed by atoms with E-state index < -0.39 is 0 Å². The monoisotopic (exact) mass is 280 g/mol. The molecule has 0 saturated heterocycles. The lowest BCUT2D eigenvalue weighted by molar-refractivity contribution is -0.120. The van der Waals surface area contributed by atoms with Crippen molar-refractivity contribution in [2.45, 2.75) is 13.8 Å². The van der Waals surface area contributed by atoms with Crippen LogP contribution in [0.3, 0.4) is 0 Å². The van der Waals surface area contributed by atoms with Crippen LogP contribution >= 0.6 is 11.3 Å². The summed E-state index contributed by atoms with van der Waals surface area (Å²) in [6, 6.07) is 1.81. The average Bonchev–Trinajstić information content (AvgIpc) is 2.90. The van der Waals surface area contributed by atoms with Gasteiger partial charge < -0.3 is 10.6 Å². The second kappa shape index (κ2) is 5.40. The Labute approximate surface area is 114 Å². The van der Waals surface area contributed by atoms with Crippen molar-refractivity contribution in [3.05, 3.63) is 16.6 Å². The Hall–Kier alpha value is -1.89. The number of aryl methyl sites for hydroxylation is 2. The van der Waals surface area contributed by atoms with Crippen LogP contribution in [0.2, 0.25) is 0 Å². The van der Waals surface area contributed by atoms with Crippen LogP contribution in [0.4, 0.5) is 0 Å². The van der Waals surface area contributed by atoms with Crippen LogP contribution < -0.4 is 10.6 Å². The topological polar surface area (TPSA) is 76.0 Å². The third-order valence-electron chi connectivity index (χ3n) is 2.70. The van der Waals surface area contributed by atoms with E-state index in [2.05, 4.69) is 15.7 Å². The maximum absolute atomic E-state index is 11.9. The smallest absolute Gasteiger partial charge is 0.261 e. The lowest BCUT2D eigenvalue weighted by Gasteiger charge is -2.03. The molecule has 0 bridgehead atoms. The van der Waals surface area contributed by atoms with Gasteiger partial charge in [0.15, 0.2) is 0 Å². The SMILES string of the molecule is CCNC(=O)CNC(=O)c1cc2c(C)nn(C)c2s1. The third kappa shape index (κ3) is 2.76. The third-order valence-corrected chi connectivity index (χ3v) is 3.90. The quantitative estimate of drug-likeness (QED) is 0.870. The zero-order valence-corrected chi connectivity index (χ0v) is 11.9. The lowest BCUT2D eigenvalue weighted by atomic mass is 10.3. The van der Waals surface area contributed by atoms with Gasteiger partial charge in [-0.05, 0) is 19.9 Å². The van der Waals surface area contributed by atoms with Gasteiger partial charge in [0.2, 0.25) is 5.91 Å². The van der Waals surface area contributed by atoms with Crippen LogP contribution in [0.5, 0.6) is 0 Å². The summed E-state index contributed by atoms with van der Waals surface area (Å²) in [6.07, 6.45) is 0. The average molecular weight is 280 g/mol. The molecule has 0 radical (unpaired) electrons. The van der Waals surface area contributed by atoms with E-state index in [-0.39, 0.29) is 18.4 Å². The first-order valence-electron chi connectivity index (χ1n) is 6.01. The van der Waals surface area contributed by atoms with Crippen molar-refractivity contribution in [2.75, 3.05) is 13.1 Å². The van der Waals surface area contributed by atoms with Crippen LogP contribution in [0.25, 0.3) is 10.2 Å². The number of carbonyl (C=O) groups excluding carboxylic acids is 2. The number of amides is 2. The van der Waals surface area contributed by atoms with E-state index in [1.165, 1.54) is 11.3 Å². The molecule has 2 rings (SSSR count). The second-order valence-corrected chi connectivity index (χ2v) is 5.21. The molecule has 0 unspecified atom stereocenters. The maximum Gasteiger partial charge on any atom is 0.261 e. The number of nitrogens with one attached hydrogen (secondary N) is 2. The fourth-order valence-electron chi connectivity index (χ4n) is 1.82. The normalized spacial score (nSPS) is 10.7. The minimum absolute atomic E-state index is 0.00183. The highest BCUT2D eigenvalue weighted by atomic mass is 32.1. The van der Waals surface area contributed by atoms with Gasteiger partial charge in [-0.15, -0.1) is 11.3 Å². The summed E-state index contributed by atoms with van der Waals surface area (Å²) in [5.41, 5.74) is 0.900. The maximum atomic E-state index is 11.9. The van der Waals surface area contributed by atoms with Gasteiger partial charge in [0, 0.05) is 19.0 Å². The van der Waals surface area contributed by atoms with Crippen molar-refractivity contribution in [1.29, 1.82) is 0 Å². The van der Waals surface area contributed by atoms with Gasteiger partial charge in [-0.2, -0.15) is 5.10 Å². The van der Waals surface area contributed by atoms with Crippen LogP contribution in [0.15, 0.2) is 6.07 Å². The fraction of sp³-hybridized carbons (Fsp3) is 0.417. The molecule has 2 aromatic heterocycles. The molecule has 0 aliphatic rings. The molecule has 0 spiro atoms. The van der Waals surface area contributed by atoms with Crippen molar-refractivity contribution in [2.24, 2.45) is 7.05 Å². The molecule has 2 amide bonds. The van der Waals surface area contributed by atoms with E-state index in [1.807, 2.05) is 27.0 Å². The molecular formula is C12H16N4O2S. The van der Waals surface area contributed by atoms with Crippen molar-refractivity contribution >= 4 is 33.4 Å². The molecule has 2 N–H and O–H groups in total. The predicted octanol–water partition coefficient (Wildman–Crippen LogP) is 0.809. The minimum Gasteiger partial charge on any atom is -0.355 e. The summed E-state index contributed by atoms with van der Waals surface area (Å²) in [6.45, 7) is 4.30. The number of fused-ring (bicyclic) bond motifs is 1. The number of hydrogen-bond donors (Lipinski definition) is 2. The van der Waals surface area contributed by atoms with Gasteiger partial charge in [0.05, 0.1) is 17.1 Å². The van der Waals surface area contributed by atoms with Gasteiger partial charge in [-0.1, -0.05) is 0 Å². The summed E-state index contributed by atoms with van der Waals surface area (Å²) in [5.74, 6) is -0.415. The van der Waals surface area contributed by atoms with Gasteiger partial charge in [0.1, 0.15) is 4.83 Å². The molecule has 0 saturated carbocycles. The van der Waals surface area contributed by atoms with E-state index in [9.17, 15) is 9.59 Å². The van der Waals surface area contributed by atoms with E-state index in [0.717, 1.165) is 15.9 Å². The molecule has 6 nitrogen and oxygen atoms in total. The summed E-state index contributed by atoms with van der Waals surface area (Å²) in [5, 5.41) is 10.5. The van der Waals surface area contributed by atoms with Crippen LogP contribution in [0.1, 0.15) is 22.3 Å². The van der Waals surface area contributed by atoms with Crippen molar-refractivity contribution in [3.63, 3.8) is 0 Å². The van der Waals surface area contributed by atoms with Crippen LogP contribution in [-0.2, 0) is 11.8 Å². The zero-order valence-electron chi connectivity index (χ0n) is 11.1. The van der Waals surface area contributed by atoms with Gasteiger partial charge >= 0.3 is 0 Å². The van der Waals surface area contributed by atoms with Crippen molar-refractivity contribution in [3.8, 4) is 0 Å². The fourth-order valence-corrected chi connectivity index (χ4v) is 2.86. The number of nitrogens with zero attached hydrogens (tertiary/aromatic N) is 2. The first-order chi connectivity index (χ1) is 9.02. The molecule has 2 heterocycles. The number of carbonyl (C=O) groups is 2. The molecule has 0 fully saturated rings.